The van der Waals surface area contributed by atoms with Gasteiger partial charge >= 0.3 is 0 Å². The van der Waals surface area contributed by atoms with Gasteiger partial charge in [0, 0.05) is 13.5 Å². The van der Waals surface area contributed by atoms with Crippen LogP contribution in [-0.2, 0) is 13.1 Å². The van der Waals surface area contributed by atoms with Gasteiger partial charge in [0.25, 0.3) is 0 Å². The number of nitrogens with one attached hydrogen (secondary N) is 1. The Balaban J connectivity index is 1.82. The lowest BCUT2D eigenvalue weighted by atomic mass is 10.3. The van der Waals surface area contributed by atoms with Gasteiger partial charge in [-0.25, -0.2) is 0 Å². The molecule has 2 aromatic heterocycles. The second kappa shape index (κ2) is 4.71. The molecule has 0 saturated carbocycles. The number of aromatic nitrogens is 3. The van der Waals surface area contributed by atoms with E-state index in [9.17, 15) is 0 Å². The molecule has 0 aromatic carbocycles. The number of rotatable bonds is 4. The third kappa shape index (κ3) is 2.77. The lowest BCUT2D eigenvalue weighted by Gasteiger charge is -2.01. The predicted octanol–water partition coefficient (Wildman–Crippen LogP) is 0.768. The Hall–Kier alpha value is -1.95. The fourth-order valence-corrected chi connectivity index (χ4v) is 1.24. The number of hydrogen-bond donors (Lipinski definition) is 2. The van der Waals surface area contributed by atoms with E-state index in [1.54, 1.807) is 19.1 Å². The van der Waals surface area contributed by atoms with Gasteiger partial charge in [-0.1, -0.05) is 5.16 Å². The average molecular weight is 220 g/mol. The molecular formula is C10H12N4O2. The quantitative estimate of drug-likeness (QED) is 0.791. The Bertz CT molecular complexity index is 452. The highest BCUT2D eigenvalue weighted by Crippen LogP contribution is 2.05. The van der Waals surface area contributed by atoms with Crippen LogP contribution in [0.4, 0.5) is 0 Å². The van der Waals surface area contributed by atoms with Crippen molar-refractivity contribution in [1.29, 1.82) is 0 Å². The molecule has 2 aromatic rings. The third-order valence-corrected chi connectivity index (χ3v) is 1.97. The molecule has 6 heteroatoms. The van der Waals surface area contributed by atoms with Crippen LogP contribution in [-0.4, -0.2) is 20.2 Å². The van der Waals surface area contributed by atoms with Crippen LogP contribution in [0.2, 0.25) is 0 Å². The minimum Gasteiger partial charge on any atom is -0.506 e. The highest BCUT2D eigenvalue weighted by molar-refractivity contribution is 5.17. The molecule has 0 atom stereocenters. The summed E-state index contributed by atoms with van der Waals surface area (Å²) in [5, 5.41) is 15.9. The van der Waals surface area contributed by atoms with Crippen molar-refractivity contribution in [3.63, 3.8) is 0 Å². The van der Waals surface area contributed by atoms with Crippen molar-refractivity contribution in [1.82, 2.24) is 20.4 Å². The van der Waals surface area contributed by atoms with Crippen LogP contribution >= 0.6 is 0 Å². The van der Waals surface area contributed by atoms with E-state index in [-0.39, 0.29) is 5.75 Å². The Morgan fingerprint density at radius 2 is 2.25 bits per heavy atom. The first-order chi connectivity index (χ1) is 7.74. The van der Waals surface area contributed by atoms with E-state index < -0.39 is 0 Å². The molecule has 16 heavy (non-hydrogen) atoms. The largest absolute Gasteiger partial charge is 0.506 e. The summed E-state index contributed by atoms with van der Waals surface area (Å²) in [6.45, 7) is 2.87. The average Bonchev–Trinajstić information content (AvgIpc) is 2.67. The molecule has 0 unspecified atom stereocenters. The van der Waals surface area contributed by atoms with Crippen molar-refractivity contribution < 1.29 is 9.63 Å². The van der Waals surface area contributed by atoms with Crippen LogP contribution in [0.3, 0.4) is 0 Å². The standard InChI is InChI=1S/C10H12N4O2/c1-7-13-10(14-16-7)6-11-4-8-2-3-9(15)5-12-8/h2-3,5,11,15H,4,6H2,1H3. The second-order valence-electron chi connectivity index (χ2n) is 3.34. The maximum Gasteiger partial charge on any atom is 0.223 e. The van der Waals surface area contributed by atoms with Crippen LogP contribution in [0.25, 0.3) is 0 Å². The molecular weight excluding hydrogens is 208 g/mol. The summed E-state index contributed by atoms with van der Waals surface area (Å²) in [4.78, 5) is 8.09. The first-order valence-corrected chi connectivity index (χ1v) is 4.88. The van der Waals surface area contributed by atoms with E-state index in [0.29, 0.717) is 24.8 Å². The molecule has 0 amide bonds. The van der Waals surface area contributed by atoms with Crippen molar-refractivity contribution in [2.45, 2.75) is 20.0 Å². The van der Waals surface area contributed by atoms with Gasteiger partial charge in [-0.15, -0.1) is 0 Å². The van der Waals surface area contributed by atoms with Crippen LogP contribution in [0.5, 0.6) is 5.75 Å². The molecule has 0 radical (unpaired) electrons. The Kier molecular flexibility index (Phi) is 3.11. The molecule has 2 rings (SSSR count). The van der Waals surface area contributed by atoms with E-state index in [1.165, 1.54) is 6.20 Å². The van der Waals surface area contributed by atoms with Gasteiger partial charge in [0.15, 0.2) is 5.82 Å². The van der Waals surface area contributed by atoms with Crippen molar-refractivity contribution >= 4 is 0 Å². The zero-order chi connectivity index (χ0) is 11.4. The normalized spacial score (nSPS) is 10.6. The SMILES string of the molecule is Cc1nc(CNCc2ccc(O)cn2)no1. The van der Waals surface area contributed by atoms with Crippen molar-refractivity contribution in [2.75, 3.05) is 0 Å². The molecule has 0 aliphatic rings. The number of aryl methyl sites for hydroxylation is 1. The summed E-state index contributed by atoms with van der Waals surface area (Å²) in [6, 6.07) is 3.35. The second-order valence-corrected chi connectivity index (χ2v) is 3.34. The lowest BCUT2D eigenvalue weighted by Crippen LogP contribution is -2.14. The minimum atomic E-state index is 0.164. The van der Waals surface area contributed by atoms with Gasteiger partial charge in [0.2, 0.25) is 5.89 Å². The number of hydrogen-bond acceptors (Lipinski definition) is 6. The van der Waals surface area contributed by atoms with Gasteiger partial charge in [-0.2, -0.15) is 4.98 Å². The molecule has 84 valence electrons. The highest BCUT2D eigenvalue weighted by atomic mass is 16.5. The summed E-state index contributed by atoms with van der Waals surface area (Å²) in [6.07, 6.45) is 1.41. The van der Waals surface area contributed by atoms with Gasteiger partial charge in [0.1, 0.15) is 5.75 Å². The topological polar surface area (TPSA) is 84.1 Å². The van der Waals surface area contributed by atoms with Crippen molar-refractivity contribution in [2.24, 2.45) is 0 Å². The van der Waals surface area contributed by atoms with E-state index in [1.807, 2.05) is 0 Å². The first kappa shape index (κ1) is 10.6. The van der Waals surface area contributed by atoms with E-state index in [0.717, 1.165) is 5.69 Å². The monoisotopic (exact) mass is 220 g/mol. The molecule has 2 N–H and O–H groups in total. The Labute approximate surface area is 92.3 Å². The van der Waals surface area contributed by atoms with E-state index >= 15 is 0 Å². The zero-order valence-electron chi connectivity index (χ0n) is 8.84. The molecule has 0 fully saturated rings. The molecule has 2 heterocycles. The van der Waals surface area contributed by atoms with Gasteiger partial charge in [-0.05, 0) is 12.1 Å². The van der Waals surface area contributed by atoms with Crippen LogP contribution in [0, 0.1) is 6.92 Å². The molecule has 6 nitrogen and oxygen atoms in total. The predicted molar refractivity (Wildman–Crippen MR) is 55.5 cm³/mol. The van der Waals surface area contributed by atoms with Crippen molar-refractivity contribution in [3.8, 4) is 5.75 Å². The number of pyridine rings is 1. The Morgan fingerprint density at radius 1 is 1.38 bits per heavy atom. The molecule has 0 aliphatic heterocycles. The summed E-state index contributed by atoms with van der Waals surface area (Å²) in [5.41, 5.74) is 0.845. The molecule has 0 bridgehead atoms. The van der Waals surface area contributed by atoms with E-state index in [4.69, 9.17) is 9.63 Å². The van der Waals surface area contributed by atoms with Gasteiger partial charge in [-0.3, -0.25) is 4.98 Å². The summed E-state index contributed by atoms with van der Waals surface area (Å²) in [5.74, 6) is 1.34. The fraction of sp³-hybridized carbons (Fsp3) is 0.300. The minimum absolute atomic E-state index is 0.164. The van der Waals surface area contributed by atoms with Crippen molar-refractivity contribution in [3.05, 3.63) is 35.7 Å². The summed E-state index contributed by atoms with van der Waals surface area (Å²) in [7, 11) is 0. The highest BCUT2D eigenvalue weighted by Gasteiger charge is 2.01. The third-order valence-electron chi connectivity index (χ3n) is 1.97. The summed E-state index contributed by atoms with van der Waals surface area (Å²) >= 11 is 0. The zero-order valence-corrected chi connectivity index (χ0v) is 8.84. The smallest absolute Gasteiger partial charge is 0.223 e. The molecule has 0 spiro atoms. The van der Waals surface area contributed by atoms with Crippen LogP contribution in [0.15, 0.2) is 22.9 Å². The van der Waals surface area contributed by atoms with Gasteiger partial charge in [0.05, 0.1) is 18.4 Å². The lowest BCUT2D eigenvalue weighted by molar-refractivity contribution is 0.385. The maximum absolute atomic E-state index is 9.05. The molecule has 0 aliphatic carbocycles. The van der Waals surface area contributed by atoms with Crippen LogP contribution < -0.4 is 5.32 Å². The van der Waals surface area contributed by atoms with Gasteiger partial charge < -0.3 is 14.9 Å². The number of nitrogens with zero attached hydrogens (tertiary/aromatic N) is 3. The van der Waals surface area contributed by atoms with E-state index in [2.05, 4.69) is 20.4 Å². The first-order valence-electron chi connectivity index (χ1n) is 4.88. The summed E-state index contributed by atoms with van der Waals surface area (Å²) < 4.78 is 4.83. The number of aromatic hydroxyl groups is 1. The molecule has 0 saturated heterocycles. The van der Waals surface area contributed by atoms with Crippen LogP contribution in [0.1, 0.15) is 17.4 Å². The maximum atomic E-state index is 9.05. The fourth-order valence-electron chi connectivity index (χ4n) is 1.24. The Morgan fingerprint density at radius 3 is 2.88 bits per heavy atom.